The second kappa shape index (κ2) is 6.12. The Balaban J connectivity index is 2.17. The second-order valence-electron chi connectivity index (χ2n) is 5.30. The molecule has 0 bridgehead atoms. The van der Waals surface area contributed by atoms with Crippen LogP contribution in [0.1, 0.15) is 32.3 Å². The number of benzene rings is 1. The first-order valence-electron chi connectivity index (χ1n) is 6.90. The van der Waals surface area contributed by atoms with Crippen molar-refractivity contribution in [3.05, 3.63) is 29.3 Å². The molecule has 0 saturated carbocycles. The topological polar surface area (TPSA) is 24.4 Å². The minimum Gasteiger partial charge on any atom is -0.330 e. The van der Waals surface area contributed by atoms with E-state index >= 15 is 0 Å². The summed E-state index contributed by atoms with van der Waals surface area (Å²) in [4.78, 5) is 4.47. The lowest BCUT2D eigenvalue weighted by molar-refractivity contribution is 0.318. The Labute approximate surface area is 123 Å². The van der Waals surface area contributed by atoms with E-state index in [0.29, 0.717) is 17.3 Å². The predicted molar refractivity (Wildman–Crippen MR) is 82.5 cm³/mol. The van der Waals surface area contributed by atoms with E-state index in [1.54, 1.807) is 18.7 Å². The molecular formula is C15H20F2N2S. The smallest absolute Gasteiger partial charge is 0.161 e. The Morgan fingerprint density at radius 1 is 1.30 bits per heavy atom. The van der Waals surface area contributed by atoms with Crippen molar-refractivity contribution in [1.29, 1.82) is 0 Å². The minimum atomic E-state index is -0.584. The van der Waals surface area contributed by atoms with E-state index in [9.17, 15) is 8.78 Å². The fourth-order valence-corrected chi connectivity index (χ4v) is 3.46. The molecule has 1 heterocycles. The van der Waals surface area contributed by atoms with Crippen LogP contribution in [0.5, 0.6) is 0 Å². The standard InChI is InChI=1S/C15H20F2N2S/c1-4-15(5-2)8-18-14(20-9-15)19-13-11(16)7-6-10(3)12(13)17/h6-7H,4-5,8-9H2,1-3H3,(H,18,19). The Morgan fingerprint density at radius 3 is 2.55 bits per heavy atom. The molecular weight excluding hydrogens is 278 g/mol. The van der Waals surface area contributed by atoms with Gasteiger partial charge in [-0.05, 0) is 36.8 Å². The number of rotatable bonds is 3. The van der Waals surface area contributed by atoms with Gasteiger partial charge in [-0.1, -0.05) is 31.7 Å². The van der Waals surface area contributed by atoms with Crippen LogP contribution < -0.4 is 5.32 Å². The van der Waals surface area contributed by atoms with Gasteiger partial charge in [0.2, 0.25) is 0 Å². The molecule has 110 valence electrons. The SMILES string of the molecule is CCC1(CC)CN=C(Nc2c(F)ccc(C)c2F)SC1. The number of nitrogens with zero attached hydrogens (tertiary/aromatic N) is 1. The summed E-state index contributed by atoms with van der Waals surface area (Å²) in [5, 5.41) is 3.41. The van der Waals surface area contributed by atoms with Crippen LogP contribution in [0, 0.1) is 24.0 Å². The summed E-state index contributed by atoms with van der Waals surface area (Å²) in [7, 11) is 0. The van der Waals surface area contributed by atoms with Gasteiger partial charge < -0.3 is 5.32 Å². The van der Waals surface area contributed by atoms with Crippen molar-refractivity contribution < 1.29 is 8.78 Å². The van der Waals surface area contributed by atoms with Crippen LogP contribution in [0.2, 0.25) is 0 Å². The average molecular weight is 298 g/mol. The summed E-state index contributed by atoms with van der Waals surface area (Å²) in [6.07, 6.45) is 2.14. The highest BCUT2D eigenvalue weighted by molar-refractivity contribution is 8.14. The van der Waals surface area contributed by atoms with Crippen LogP contribution in [0.25, 0.3) is 0 Å². The molecule has 1 aromatic rings. The van der Waals surface area contributed by atoms with Gasteiger partial charge in [-0.25, -0.2) is 8.78 Å². The van der Waals surface area contributed by atoms with E-state index in [0.717, 1.165) is 18.6 Å². The number of halogens is 2. The molecule has 20 heavy (non-hydrogen) atoms. The Kier molecular flexibility index (Phi) is 4.68. The number of amidine groups is 1. The summed E-state index contributed by atoms with van der Waals surface area (Å²) in [5.74, 6) is -0.198. The van der Waals surface area contributed by atoms with Crippen molar-refractivity contribution >= 4 is 22.6 Å². The van der Waals surface area contributed by atoms with E-state index in [4.69, 9.17) is 0 Å². The number of nitrogens with one attached hydrogen (secondary N) is 1. The first-order valence-corrected chi connectivity index (χ1v) is 7.89. The fourth-order valence-electron chi connectivity index (χ4n) is 2.18. The monoisotopic (exact) mass is 298 g/mol. The van der Waals surface area contributed by atoms with Crippen molar-refractivity contribution in [2.45, 2.75) is 33.6 Å². The number of aryl methyl sites for hydroxylation is 1. The lowest BCUT2D eigenvalue weighted by Gasteiger charge is -2.33. The first-order chi connectivity index (χ1) is 9.51. The van der Waals surface area contributed by atoms with Gasteiger partial charge in [-0.15, -0.1) is 0 Å². The molecule has 0 fully saturated rings. The van der Waals surface area contributed by atoms with Gasteiger partial charge >= 0.3 is 0 Å². The molecule has 0 atom stereocenters. The quantitative estimate of drug-likeness (QED) is 0.882. The normalized spacial score (nSPS) is 17.8. The van der Waals surface area contributed by atoms with E-state index in [1.807, 2.05) is 0 Å². The molecule has 1 aromatic carbocycles. The molecule has 0 radical (unpaired) electrons. The van der Waals surface area contributed by atoms with Crippen LogP contribution in [0.4, 0.5) is 14.5 Å². The van der Waals surface area contributed by atoms with Gasteiger partial charge in [0.1, 0.15) is 11.5 Å². The zero-order chi connectivity index (χ0) is 14.8. The van der Waals surface area contributed by atoms with Crippen molar-refractivity contribution in [3.8, 4) is 0 Å². The van der Waals surface area contributed by atoms with Crippen LogP contribution in [0.15, 0.2) is 17.1 Å². The first kappa shape index (κ1) is 15.3. The molecule has 1 N–H and O–H groups in total. The lowest BCUT2D eigenvalue weighted by atomic mass is 9.84. The highest BCUT2D eigenvalue weighted by atomic mass is 32.2. The highest BCUT2D eigenvalue weighted by Crippen LogP contribution is 2.36. The van der Waals surface area contributed by atoms with E-state index in [2.05, 4.69) is 24.2 Å². The maximum Gasteiger partial charge on any atom is 0.161 e. The highest BCUT2D eigenvalue weighted by Gasteiger charge is 2.30. The molecule has 0 unspecified atom stereocenters. The second-order valence-corrected chi connectivity index (χ2v) is 6.26. The molecule has 1 aliphatic rings. The zero-order valence-corrected chi connectivity index (χ0v) is 12.9. The molecule has 5 heteroatoms. The number of hydrogen-bond acceptors (Lipinski definition) is 3. The van der Waals surface area contributed by atoms with Crippen molar-refractivity contribution in [2.75, 3.05) is 17.6 Å². The Bertz CT molecular complexity index is 525. The maximum atomic E-state index is 13.9. The Morgan fingerprint density at radius 2 is 2.00 bits per heavy atom. The van der Waals surface area contributed by atoms with Crippen LogP contribution in [-0.4, -0.2) is 17.5 Å². The minimum absolute atomic E-state index is 0.100. The predicted octanol–water partition coefficient (Wildman–Crippen LogP) is 4.59. The van der Waals surface area contributed by atoms with E-state index < -0.39 is 11.6 Å². The van der Waals surface area contributed by atoms with Crippen molar-refractivity contribution in [2.24, 2.45) is 10.4 Å². The largest absolute Gasteiger partial charge is 0.330 e. The Hall–Kier alpha value is -1.10. The van der Waals surface area contributed by atoms with Gasteiger partial charge in [0.25, 0.3) is 0 Å². The zero-order valence-electron chi connectivity index (χ0n) is 12.1. The molecule has 0 amide bonds. The van der Waals surface area contributed by atoms with Crippen molar-refractivity contribution in [1.82, 2.24) is 0 Å². The summed E-state index contributed by atoms with van der Waals surface area (Å²) >= 11 is 1.54. The van der Waals surface area contributed by atoms with E-state index in [1.165, 1.54) is 12.1 Å². The number of hydrogen-bond donors (Lipinski definition) is 1. The van der Waals surface area contributed by atoms with Gasteiger partial charge in [-0.2, -0.15) is 0 Å². The molecule has 0 aliphatic carbocycles. The van der Waals surface area contributed by atoms with Gasteiger partial charge in [0.15, 0.2) is 11.0 Å². The third-order valence-electron chi connectivity index (χ3n) is 4.09. The molecule has 2 nitrogen and oxygen atoms in total. The number of thioether (sulfide) groups is 1. The fraction of sp³-hybridized carbons (Fsp3) is 0.533. The maximum absolute atomic E-state index is 13.9. The van der Waals surface area contributed by atoms with Crippen molar-refractivity contribution in [3.63, 3.8) is 0 Å². The third-order valence-corrected chi connectivity index (χ3v) is 5.35. The summed E-state index contributed by atoms with van der Waals surface area (Å²) in [6, 6.07) is 2.71. The van der Waals surface area contributed by atoms with Gasteiger partial charge in [0.05, 0.1) is 0 Å². The van der Waals surface area contributed by atoms with Crippen LogP contribution in [-0.2, 0) is 0 Å². The van der Waals surface area contributed by atoms with E-state index in [-0.39, 0.29) is 11.1 Å². The number of anilines is 1. The molecule has 0 saturated heterocycles. The van der Waals surface area contributed by atoms with Crippen LogP contribution in [0.3, 0.4) is 0 Å². The van der Waals surface area contributed by atoms with Gasteiger partial charge in [0, 0.05) is 12.3 Å². The third kappa shape index (κ3) is 2.97. The van der Waals surface area contributed by atoms with Gasteiger partial charge in [-0.3, -0.25) is 4.99 Å². The summed E-state index contributed by atoms with van der Waals surface area (Å²) in [5.41, 5.74) is 0.544. The molecule has 1 aliphatic heterocycles. The lowest BCUT2D eigenvalue weighted by Crippen LogP contribution is -2.32. The summed E-state index contributed by atoms with van der Waals surface area (Å²) in [6.45, 7) is 6.66. The molecule has 2 rings (SSSR count). The number of aliphatic imine (C=N–C) groups is 1. The van der Waals surface area contributed by atoms with Crippen LogP contribution >= 0.6 is 11.8 Å². The molecule has 0 aromatic heterocycles. The molecule has 0 spiro atoms. The average Bonchev–Trinajstić information content (AvgIpc) is 2.48. The summed E-state index contributed by atoms with van der Waals surface area (Å²) < 4.78 is 27.6.